The third kappa shape index (κ3) is 4.14. The lowest BCUT2D eigenvalue weighted by atomic mass is 10.1. The van der Waals surface area contributed by atoms with E-state index in [1.165, 1.54) is 17.3 Å². The summed E-state index contributed by atoms with van der Waals surface area (Å²) in [6, 6.07) is 14.1. The summed E-state index contributed by atoms with van der Waals surface area (Å²) in [5.74, 6) is 0.229. The van der Waals surface area contributed by atoms with Crippen LogP contribution in [0.3, 0.4) is 0 Å². The maximum Gasteiger partial charge on any atom is 0.234 e. The fraction of sp³-hybridized carbons (Fsp3) is 0.250. The second-order valence-corrected chi connectivity index (χ2v) is 7.06. The maximum atomic E-state index is 12.3. The van der Waals surface area contributed by atoms with Crippen molar-refractivity contribution in [2.75, 3.05) is 11.1 Å². The number of nitrogens with zero attached hydrogens (tertiary/aromatic N) is 3. The largest absolute Gasteiger partial charge is 0.325 e. The van der Waals surface area contributed by atoms with Gasteiger partial charge in [-0.3, -0.25) is 9.36 Å². The number of nitrogens with one attached hydrogen (secondary N) is 1. The van der Waals surface area contributed by atoms with E-state index in [9.17, 15) is 4.79 Å². The molecule has 0 radical (unpaired) electrons. The van der Waals surface area contributed by atoms with Crippen LogP contribution in [0, 0.1) is 13.8 Å². The fourth-order valence-corrected chi connectivity index (χ4v) is 3.55. The van der Waals surface area contributed by atoms with Crippen molar-refractivity contribution in [2.24, 2.45) is 0 Å². The number of aryl methyl sites for hydroxylation is 3. The first kappa shape index (κ1) is 18.2. The second-order valence-electron chi connectivity index (χ2n) is 6.12. The highest BCUT2D eigenvalue weighted by molar-refractivity contribution is 7.99. The van der Waals surface area contributed by atoms with Gasteiger partial charge in [0, 0.05) is 5.69 Å². The van der Waals surface area contributed by atoms with Crippen LogP contribution in [0.5, 0.6) is 0 Å². The molecule has 2 aromatic carbocycles. The molecular formula is C20H22N4OS. The molecule has 1 amide bonds. The Labute approximate surface area is 157 Å². The smallest absolute Gasteiger partial charge is 0.234 e. The summed E-state index contributed by atoms with van der Waals surface area (Å²) in [5.41, 5.74) is 5.39. The number of carbonyl (C=O) groups is 1. The summed E-state index contributed by atoms with van der Waals surface area (Å²) in [7, 11) is 0. The summed E-state index contributed by atoms with van der Waals surface area (Å²) >= 11 is 1.38. The summed E-state index contributed by atoms with van der Waals surface area (Å²) in [6.07, 6.45) is 2.56. The van der Waals surface area contributed by atoms with Crippen molar-refractivity contribution >= 4 is 23.4 Å². The molecule has 26 heavy (non-hydrogen) atoms. The molecule has 1 heterocycles. The Bertz CT molecular complexity index is 920. The molecule has 0 aliphatic rings. The molecule has 0 bridgehead atoms. The third-order valence-electron chi connectivity index (χ3n) is 4.13. The maximum absolute atomic E-state index is 12.3. The summed E-state index contributed by atoms with van der Waals surface area (Å²) in [4.78, 5) is 12.3. The molecule has 1 N–H and O–H groups in total. The van der Waals surface area contributed by atoms with Crippen LogP contribution >= 0.6 is 11.8 Å². The van der Waals surface area contributed by atoms with Crippen LogP contribution in [-0.4, -0.2) is 26.4 Å². The zero-order valence-corrected chi connectivity index (χ0v) is 16.0. The molecule has 0 spiro atoms. The predicted octanol–water partition coefficient (Wildman–Crippen LogP) is 4.18. The van der Waals surface area contributed by atoms with Gasteiger partial charge >= 0.3 is 0 Å². The van der Waals surface area contributed by atoms with Crippen molar-refractivity contribution in [3.63, 3.8) is 0 Å². The van der Waals surface area contributed by atoms with Gasteiger partial charge in [0.2, 0.25) is 5.91 Å². The SMILES string of the molecule is CCc1ccccc1NC(=O)CSc1nncn1-c1ccc(C)cc1C. The van der Waals surface area contributed by atoms with Gasteiger partial charge in [-0.2, -0.15) is 0 Å². The van der Waals surface area contributed by atoms with Crippen LogP contribution < -0.4 is 5.32 Å². The van der Waals surface area contributed by atoms with E-state index in [-0.39, 0.29) is 11.7 Å². The molecule has 1 aromatic heterocycles. The van der Waals surface area contributed by atoms with Gasteiger partial charge in [0.05, 0.1) is 11.4 Å². The van der Waals surface area contributed by atoms with E-state index in [0.29, 0.717) is 5.16 Å². The molecule has 0 saturated carbocycles. The number of rotatable bonds is 6. The van der Waals surface area contributed by atoms with Gasteiger partial charge in [0.25, 0.3) is 0 Å². The Kier molecular flexibility index (Phi) is 5.73. The molecule has 0 saturated heterocycles. The highest BCUT2D eigenvalue weighted by Gasteiger charge is 2.12. The first-order valence-corrected chi connectivity index (χ1v) is 9.55. The van der Waals surface area contributed by atoms with Crippen LogP contribution in [0.25, 0.3) is 5.69 Å². The summed E-state index contributed by atoms with van der Waals surface area (Å²) in [5, 5.41) is 11.9. The van der Waals surface area contributed by atoms with Gasteiger partial charge < -0.3 is 5.32 Å². The molecule has 134 valence electrons. The Morgan fingerprint density at radius 1 is 1.19 bits per heavy atom. The molecule has 6 heteroatoms. The normalized spacial score (nSPS) is 10.7. The molecule has 0 fully saturated rings. The molecule has 0 atom stereocenters. The third-order valence-corrected chi connectivity index (χ3v) is 5.08. The zero-order valence-electron chi connectivity index (χ0n) is 15.2. The zero-order chi connectivity index (χ0) is 18.5. The van der Waals surface area contributed by atoms with E-state index in [1.807, 2.05) is 28.8 Å². The van der Waals surface area contributed by atoms with Crippen LogP contribution in [0.4, 0.5) is 5.69 Å². The Morgan fingerprint density at radius 2 is 2.00 bits per heavy atom. The standard InChI is InChI=1S/C20H22N4OS/c1-4-16-7-5-6-8-17(16)22-19(25)12-26-20-23-21-13-24(20)18-10-9-14(2)11-15(18)3/h5-11,13H,4,12H2,1-3H3,(H,22,25). The van der Waals surface area contributed by atoms with Crippen LogP contribution in [0.2, 0.25) is 0 Å². The van der Waals surface area contributed by atoms with Gasteiger partial charge in [-0.05, 0) is 43.5 Å². The quantitative estimate of drug-likeness (QED) is 0.665. The Hall–Kier alpha value is -2.60. The molecule has 0 aliphatic carbocycles. The topological polar surface area (TPSA) is 59.8 Å². The fourth-order valence-electron chi connectivity index (χ4n) is 2.83. The van der Waals surface area contributed by atoms with Crippen molar-refractivity contribution < 1.29 is 4.79 Å². The van der Waals surface area contributed by atoms with E-state index in [4.69, 9.17) is 0 Å². The minimum atomic E-state index is -0.0499. The number of thioether (sulfide) groups is 1. The van der Waals surface area contributed by atoms with Gasteiger partial charge in [-0.25, -0.2) is 0 Å². The molecule has 0 unspecified atom stereocenters. The monoisotopic (exact) mass is 366 g/mol. The van der Waals surface area contributed by atoms with E-state index in [0.717, 1.165) is 28.9 Å². The lowest BCUT2D eigenvalue weighted by Gasteiger charge is -2.11. The Morgan fingerprint density at radius 3 is 2.77 bits per heavy atom. The number of anilines is 1. The lowest BCUT2D eigenvalue weighted by Crippen LogP contribution is -2.15. The predicted molar refractivity (Wildman–Crippen MR) is 106 cm³/mol. The average Bonchev–Trinajstić information content (AvgIpc) is 3.09. The van der Waals surface area contributed by atoms with Gasteiger partial charge in [-0.15, -0.1) is 10.2 Å². The molecular weight excluding hydrogens is 344 g/mol. The van der Waals surface area contributed by atoms with Crippen LogP contribution in [0.1, 0.15) is 23.6 Å². The lowest BCUT2D eigenvalue weighted by molar-refractivity contribution is -0.113. The number of aromatic nitrogens is 3. The highest BCUT2D eigenvalue weighted by atomic mass is 32.2. The average molecular weight is 366 g/mol. The van der Waals surface area contributed by atoms with E-state index in [1.54, 1.807) is 6.33 Å². The van der Waals surface area contributed by atoms with E-state index in [2.05, 4.69) is 54.5 Å². The van der Waals surface area contributed by atoms with Gasteiger partial charge in [0.15, 0.2) is 5.16 Å². The van der Waals surface area contributed by atoms with E-state index < -0.39 is 0 Å². The first-order chi connectivity index (χ1) is 12.6. The molecule has 0 aliphatic heterocycles. The number of hydrogen-bond donors (Lipinski definition) is 1. The minimum absolute atomic E-state index is 0.0499. The van der Waals surface area contributed by atoms with Crippen LogP contribution in [0.15, 0.2) is 53.9 Å². The Balaban J connectivity index is 1.69. The van der Waals surface area contributed by atoms with Gasteiger partial charge in [0.1, 0.15) is 6.33 Å². The highest BCUT2D eigenvalue weighted by Crippen LogP contribution is 2.23. The van der Waals surface area contributed by atoms with E-state index >= 15 is 0 Å². The minimum Gasteiger partial charge on any atom is -0.325 e. The second kappa shape index (κ2) is 8.19. The van der Waals surface area contributed by atoms with Crippen molar-refractivity contribution in [3.05, 3.63) is 65.5 Å². The molecule has 5 nitrogen and oxygen atoms in total. The number of para-hydroxylation sites is 1. The molecule has 3 rings (SSSR count). The van der Waals surface area contributed by atoms with Crippen molar-refractivity contribution in [2.45, 2.75) is 32.3 Å². The van der Waals surface area contributed by atoms with Gasteiger partial charge in [-0.1, -0.05) is 54.6 Å². The number of hydrogen-bond acceptors (Lipinski definition) is 4. The van der Waals surface area contributed by atoms with Crippen LogP contribution in [-0.2, 0) is 11.2 Å². The summed E-state index contributed by atoms with van der Waals surface area (Å²) < 4.78 is 1.92. The first-order valence-electron chi connectivity index (χ1n) is 8.56. The van der Waals surface area contributed by atoms with Crippen molar-refractivity contribution in [3.8, 4) is 5.69 Å². The number of carbonyl (C=O) groups excluding carboxylic acids is 1. The summed E-state index contributed by atoms with van der Waals surface area (Å²) in [6.45, 7) is 6.20. The van der Waals surface area contributed by atoms with Crippen molar-refractivity contribution in [1.82, 2.24) is 14.8 Å². The molecule has 3 aromatic rings. The van der Waals surface area contributed by atoms with Crippen molar-refractivity contribution in [1.29, 1.82) is 0 Å². The number of amides is 1. The number of benzene rings is 2.